The molecule has 0 aliphatic carbocycles. The van der Waals surface area contributed by atoms with E-state index in [1.165, 1.54) is 25.3 Å². The van der Waals surface area contributed by atoms with Gasteiger partial charge in [-0.25, -0.2) is 0 Å². The Hall–Kier alpha value is -2.78. The van der Waals surface area contributed by atoms with E-state index in [0.717, 1.165) is 11.8 Å². The van der Waals surface area contributed by atoms with Gasteiger partial charge in [-0.1, -0.05) is 11.6 Å². The Morgan fingerprint density at radius 2 is 2.20 bits per heavy atom. The lowest BCUT2D eigenvalue weighted by Gasteiger charge is -2.07. The fourth-order valence-corrected chi connectivity index (χ4v) is 3.07. The lowest BCUT2D eigenvalue weighted by Crippen LogP contribution is -2.01. The molecule has 0 saturated carbocycles. The van der Waals surface area contributed by atoms with Crippen molar-refractivity contribution >= 4 is 46.2 Å². The second kappa shape index (κ2) is 6.61. The van der Waals surface area contributed by atoms with E-state index in [4.69, 9.17) is 26.5 Å². The number of halogens is 1. The summed E-state index contributed by atoms with van der Waals surface area (Å²) < 4.78 is 10.9. The van der Waals surface area contributed by atoms with Crippen molar-refractivity contribution in [3.8, 4) is 17.1 Å². The Labute approximate surface area is 150 Å². The fourth-order valence-electron chi connectivity index (χ4n) is 2.17. The van der Waals surface area contributed by atoms with Crippen molar-refractivity contribution in [3.05, 3.63) is 50.1 Å². The van der Waals surface area contributed by atoms with Crippen LogP contribution in [-0.2, 0) is 4.79 Å². The van der Waals surface area contributed by atoms with Gasteiger partial charge in [-0.15, -0.1) is 0 Å². The average Bonchev–Trinajstić information content (AvgIpc) is 3.13. The van der Waals surface area contributed by atoms with E-state index in [-0.39, 0.29) is 21.6 Å². The third-order valence-electron chi connectivity index (χ3n) is 3.27. The Kier molecular flexibility index (Phi) is 4.51. The molecule has 2 aromatic rings. The first-order valence-corrected chi connectivity index (χ1v) is 7.98. The molecule has 0 unspecified atom stereocenters. The highest BCUT2D eigenvalue weighted by Crippen LogP contribution is 2.39. The van der Waals surface area contributed by atoms with E-state index in [9.17, 15) is 14.9 Å². The molecule has 25 heavy (non-hydrogen) atoms. The molecule has 2 N–H and O–H groups in total. The zero-order chi connectivity index (χ0) is 18.1. The zero-order valence-electron chi connectivity index (χ0n) is 12.7. The summed E-state index contributed by atoms with van der Waals surface area (Å²) in [4.78, 5) is 25.9. The van der Waals surface area contributed by atoms with Gasteiger partial charge in [0, 0.05) is 6.08 Å². The lowest BCUT2D eigenvalue weighted by atomic mass is 10.1. The van der Waals surface area contributed by atoms with Crippen molar-refractivity contribution in [2.24, 2.45) is 10.7 Å². The number of thioether (sulfide) groups is 1. The van der Waals surface area contributed by atoms with Crippen molar-refractivity contribution in [3.63, 3.8) is 0 Å². The number of amides is 1. The number of nitrogens with zero attached hydrogens (tertiary/aromatic N) is 2. The third kappa shape index (κ3) is 3.37. The molecule has 0 atom stereocenters. The van der Waals surface area contributed by atoms with Crippen LogP contribution in [0, 0.1) is 10.1 Å². The molecular formula is C15H10ClN3O5S. The molecule has 10 heteroatoms. The van der Waals surface area contributed by atoms with Crippen LogP contribution < -0.4 is 10.5 Å². The summed E-state index contributed by atoms with van der Waals surface area (Å²) >= 11 is 7.00. The van der Waals surface area contributed by atoms with Crippen molar-refractivity contribution in [1.29, 1.82) is 0 Å². The van der Waals surface area contributed by atoms with Gasteiger partial charge in [0.1, 0.15) is 22.3 Å². The van der Waals surface area contributed by atoms with E-state index in [0.29, 0.717) is 22.0 Å². The number of furan rings is 1. The molecule has 2 heterocycles. The molecule has 3 rings (SSSR count). The van der Waals surface area contributed by atoms with Crippen molar-refractivity contribution in [1.82, 2.24) is 0 Å². The number of carbonyl (C=O) groups is 1. The molecule has 1 aromatic heterocycles. The van der Waals surface area contributed by atoms with E-state index < -0.39 is 10.8 Å². The molecular weight excluding hydrogens is 370 g/mol. The highest BCUT2D eigenvalue weighted by molar-refractivity contribution is 8.18. The number of hydrogen-bond acceptors (Lipinski definition) is 7. The SMILES string of the molecule is COc1cc([N+](=O)[O-])c(Cl)cc1-c1ccc(/C=C2\SC(N)=NC2=O)o1. The number of amidine groups is 1. The van der Waals surface area contributed by atoms with Crippen LogP contribution in [0.3, 0.4) is 0 Å². The summed E-state index contributed by atoms with van der Waals surface area (Å²) in [5.74, 6) is 0.581. The quantitative estimate of drug-likeness (QED) is 0.490. The molecule has 0 spiro atoms. The average molecular weight is 380 g/mol. The van der Waals surface area contributed by atoms with Crippen LogP contribution in [0.1, 0.15) is 5.76 Å². The number of aliphatic imine (C=N–C) groups is 1. The van der Waals surface area contributed by atoms with Crippen molar-refractivity contribution in [2.45, 2.75) is 0 Å². The number of nitrogens with two attached hydrogens (primary N) is 1. The van der Waals surface area contributed by atoms with E-state index in [1.54, 1.807) is 12.1 Å². The molecule has 1 amide bonds. The molecule has 128 valence electrons. The number of carbonyl (C=O) groups excluding carboxylic acids is 1. The predicted molar refractivity (Wildman–Crippen MR) is 94.6 cm³/mol. The van der Waals surface area contributed by atoms with Gasteiger partial charge in [-0.3, -0.25) is 14.9 Å². The van der Waals surface area contributed by atoms with Crippen LogP contribution in [0.5, 0.6) is 5.75 Å². The van der Waals surface area contributed by atoms with Crippen molar-refractivity contribution < 1.29 is 18.9 Å². The van der Waals surface area contributed by atoms with Crippen LogP contribution in [0.25, 0.3) is 17.4 Å². The summed E-state index contributed by atoms with van der Waals surface area (Å²) in [6.45, 7) is 0. The number of nitro benzene ring substituents is 1. The summed E-state index contributed by atoms with van der Waals surface area (Å²) in [7, 11) is 1.39. The second-order valence-corrected chi connectivity index (χ2v) is 6.30. The molecule has 0 saturated heterocycles. The van der Waals surface area contributed by atoms with Crippen molar-refractivity contribution in [2.75, 3.05) is 7.11 Å². The standard InChI is InChI=1S/C15H10ClN3O5S/c1-23-12-6-10(19(21)22)9(16)5-8(12)11-3-2-7(24-11)4-13-14(20)18-15(17)25-13/h2-6H,1H3,(H2,17,18,20)/b13-4-. The summed E-state index contributed by atoms with van der Waals surface area (Å²) in [5.41, 5.74) is 5.67. The Morgan fingerprint density at radius 3 is 2.80 bits per heavy atom. The number of rotatable bonds is 4. The summed E-state index contributed by atoms with van der Waals surface area (Å²) in [6, 6.07) is 5.90. The van der Waals surface area contributed by atoms with Crippen LogP contribution >= 0.6 is 23.4 Å². The number of methoxy groups -OCH3 is 1. The zero-order valence-corrected chi connectivity index (χ0v) is 14.3. The molecule has 0 radical (unpaired) electrons. The highest BCUT2D eigenvalue weighted by Gasteiger charge is 2.22. The molecule has 0 fully saturated rings. The maximum Gasteiger partial charge on any atom is 0.291 e. The maximum atomic E-state index is 11.6. The molecule has 8 nitrogen and oxygen atoms in total. The number of hydrogen-bond donors (Lipinski definition) is 1. The first-order valence-electron chi connectivity index (χ1n) is 6.79. The normalized spacial score (nSPS) is 15.5. The Morgan fingerprint density at radius 1 is 1.44 bits per heavy atom. The van der Waals surface area contributed by atoms with Gasteiger partial charge >= 0.3 is 0 Å². The van der Waals surface area contributed by atoms with Gasteiger partial charge in [-0.2, -0.15) is 4.99 Å². The topological polar surface area (TPSA) is 121 Å². The van der Waals surface area contributed by atoms with Gasteiger partial charge < -0.3 is 14.9 Å². The van der Waals surface area contributed by atoms with Gasteiger partial charge in [0.25, 0.3) is 11.6 Å². The molecule has 1 aliphatic heterocycles. The van der Waals surface area contributed by atoms with E-state index in [1.807, 2.05) is 0 Å². The van der Waals surface area contributed by atoms with Gasteiger partial charge in [-0.05, 0) is 30.0 Å². The second-order valence-electron chi connectivity index (χ2n) is 4.83. The number of benzene rings is 1. The summed E-state index contributed by atoms with van der Waals surface area (Å²) in [6.07, 6.45) is 1.51. The minimum Gasteiger partial charge on any atom is -0.496 e. The first kappa shape index (κ1) is 17.1. The number of nitro groups is 1. The smallest absolute Gasteiger partial charge is 0.291 e. The highest BCUT2D eigenvalue weighted by atomic mass is 35.5. The lowest BCUT2D eigenvalue weighted by molar-refractivity contribution is -0.384. The largest absolute Gasteiger partial charge is 0.496 e. The number of ether oxygens (including phenoxy) is 1. The van der Waals surface area contributed by atoms with Crippen LogP contribution in [0.4, 0.5) is 5.69 Å². The summed E-state index contributed by atoms with van der Waals surface area (Å²) in [5, 5.41) is 11.1. The van der Waals surface area contributed by atoms with Gasteiger partial charge in [0.05, 0.1) is 28.6 Å². The molecule has 1 aliphatic rings. The van der Waals surface area contributed by atoms with E-state index in [2.05, 4.69) is 4.99 Å². The first-order chi connectivity index (χ1) is 11.9. The Bertz CT molecular complexity index is 951. The van der Waals surface area contributed by atoms with Crippen LogP contribution in [0.15, 0.2) is 38.6 Å². The van der Waals surface area contributed by atoms with Crippen LogP contribution in [-0.4, -0.2) is 23.1 Å². The monoisotopic (exact) mass is 379 g/mol. The molecule has 0 bridgehead atoms. The maximum absolute atomic E-state index is 11.6. The molecule has 1 aromatic carbocycles. The predicted octanol–water partition coefficient (Wildman–Crippen LogP) is 3.45. The van der Waals surface area contributed by atoms with E-state index >= 15 is 0 Å². The third-order valence-corrected chi connectivity index (χ3v) is 4.38. The Balaban J connectivity index is 1.98. The van der Waals surface area contributed by atoms with Gasteiger partial charge in [0.15, 0.2) is 5.17 Å². The van der Waals surface area contributed by atoms with Crippen LogP contribution in [0.2, 0.25) is 5.02 Å². The minimum atomic E-state index is -0.597. The minimum absolute atomic E-state index is 0.0418. The fraction of sp³-hybridized carbons (Fsp3) is 0.0667. The van der Waals surface area contributed by atoms with Gasteiger partial charge in [0.2, 0.25) is 0 Å².